The lowest BCUT2D eigenvalue weighted by molar-refractivity contribution is -0.167. The molecule has 0 aromatic rings. The molecule has 0 bridgehead atoms. The van der Waals surface area contributed by atoms with E-state index in [1.54, 1.807) is 0 Å². The summed E-state index contributed by atoms with van der Waals surface area (Å²) in [4.78, 5) is 35.0. The number of hydrogen-bond acceptors (Lipinski definition) is 3. The summed E-state index contributed by atoms with van der Waals surface area (Å²) in [6.45, 7) is 0.972. The molecule has 2 aliphatic rings. The second-order valence-corrected chi connectivity index (χ2v) is 4.18. The third-order valence-electron chi connectivity index (χ3n) is 3.01. The van der Waals surface area contributed by atoms with E-state index in [2.05, 4.69) is 5.32 Å². The minimum atomic E-state index is -0.544. The highest BCUT2D eigenvalue weighted by Gasteiger charge is 2.54. The SMILES string of the molecule is NC(=O)CN1CC2(CCNC(=O)C2)C1=O. The van der Waals surface area contributed by atoms with Gasteiger partial charge in [-0.3, -0.25) is 14.4 Å². The van der Waals surface area contributed by atoms with Crippen molar-refractivity contribution in [2.24, 2.45) is 11.1 Å². The normalized spacial score (nSPS) is 30.0. The van der Waals surface area contributed by atoms with E-state index in [-0.39, 0.29) is 24.8 Å². The molecule has 2 aliphatic heterocycles. The molecule has 1 unspecified atom stereocenters. The number of carbonyl (C=O) groups is 3. The molecule has 2 fully saturated rings. The van der Waals surface area contributed by atoms with E-state index < -0.39 is 11.3 Å². The van der Waals surface area contributed by atoms with E-state index in [9.17, 15) is 14.4 Å². The Morgan fingerprint density at radius 1 is 1.53 bits per heavy atom. The minimum Gasteiger partial charge on any atom is -0.368 e. The van der Waals surface area contributed by atoms with Gasteiger partial charge in [0.05, 0.1) is 12.0 Å². The molecular weight excluding hydrogens is 198 g/mol. The van der Waals surface area contributed by atoms with Crippen LogP contribution < -0.4 is 11.1 Å². The molecule has 6 nitrogen and oxygen atoms in total. The summed E-state index contributed by atoms with van der Waals surface area (Å²) in [6, 6.07) is 0. The molecule has 1 atom stereocenters. The summed E-state index contributed by atoms with van der Waals surface area (Å²) in [5.41, 5.74) is 4.45. The van der Waals surface area contributed by atoms with Crippen molar-refractivity contribution in [3.63, 3.8) is 0 Å². The molecule has 0 saturated carbocycles. The first-order chi connectivity index (χ1) is 7.03. The maximum absolute atomic E-state index is 11.8. The van der Waals surface area contributed by atoms with Crippen molar-refractivity contribution in [1.82, 2.24) is 10.2 Å². The molecular formula is C9H13N3O3. The third kappa shape index (κ3) is 1.55. The highest BCUT2D eigenvalue weighted by molar-refractivity contribution is 5.96. The average Bonchev–Trinajstić information content (AvgIpc) is 2.16. The van der Waals surface area contributed by atoms with E-state index >= 15 is 0 Å². The Bertz CT molecular complexity index is 341. The number of hydrogen-bond donors (Lipinski definition) is 2. The van der Waals surface area contributed by atoms with Crippen LogP contribution in [-0.2, 0) is 14.4 Å². The first kappa shape index (κ1) is 9.95. The van der Waals surface area contributed by atoms with Crippen molar-refractivity contribution < 1.29 is 14.4 Å². The molecule has 3 amide bonds. The molecule has 6 heteroatoms. The Kier molecular flexibility index (Phi) is 2.13. The maximum atomic E-state index is 11.8. The number of β-lactam (4-membered cyclic amide) rings is 1. The van der Waals surface area contributed by atoms with Crippen molar-refractivity contribution in [2.45, 2.75) is 12.8 Å². The molecule has 15 heavy (non-hydrogen) atoms. The van der Waals surface area contributed by atoms with Gasteiger partial charge in [0.1, 0.15) is 0 Å². The van der Waals surface area contributed by atoms with Crippen LogP contribution in [0.3, 0.4) is 0 Å². The summed E-state index contributed by atoms with van der Waals surface area (Å²) in [5.74, 6) is -0.720. The monoisotopic (exact) mass is 211 g/mol. The third-order valence-corrected chi connectivity index (χ3v) is 3.01. The average molecular weight is 211 g/mol. The molecule has 2 heterocycles. The molecule has 1 spiro atoms. The topological polar surface area (TPSA) is 92.5 Å². The highest BCUT2D eigenvalue weighted by atomic mass is 16.2. The van der Waals surface area contributed by atoms with Crippen LogP contribution in [0.2, 0.25) is 0 Å². The first-order valence-electron chi connectivity index (χ1n) is 4.88. The Morgan fingerprint density at radius 3 is 2.80 bits per heavy atom. The largest absolute Gasteiger partial charge is 0.368 e. The number of primary amides is 1. The number of nitrogens with zero attached hydrogens (tertiary/aromatic N) is 1. The Balaban J connectivity index is 2.00. The number of amides is 3. The van der Waals surface area contributed by atoms with Crippen LogP contribution >= 0.6 is 0 Å². The smallest absolute Gasteiger partial charge is 0.237 e. The van der Waals surface area contributed by atoms with Crippen molar-refractivity contribution in [3.8, 4) is 0 Å². The Hall–Kier alpha value is -1.59. The predicted octanol–water partition coefficient (Wildman–Crippen LogP) is -1.79. The van der Waals surface area contributed by atoms with Gasteiger partial charge in [0, 0.05) is 19.5 Å². The van der Waals surface area contributed by atoms with Crippen molar-refractivity contribution in [3.05, 3.63) is 0 Å². The van der Waals surface area contributed by atoms with Gasteiger partial charge >= 0.3 is 0 Å². The maximum Gasteiger partial charge on any atom is 0.237 e. The van der Waals surface area contributed by atoms with Gasteiger partial charge in [0.2, 0.25) is 17.7 Å². The zero-order valence-corrected chi connectivity index (χ0v) is 8.28. The van der Waals surface area contributed by atoms with Gasteiger partial charge in [0.25, 0.3) is 0 Å². The lowest BCUT2D eigenvalue weighted by Gasteiger charge is -2.49. The summed E-state index contributed by atoms with van der Waals surface area (Å²) >= 11 is 0. The van der Waals surface area contributed by atoms with E-state index in [0.29, 0.717) is 19.5 Å². The zero-order valence-electron chi connectivity index (χ0n) is 8.28. The fraction of sp³-hybridized carbons (Fsp3) is 0.667. The Morgan fingerprint density at radius 2 is 2.27 bits per heavy atom. The Labute approximate surface area is 86.8 Å². The second-order valence-electron chi connectivity index (χ2n) is 4.18. The standard InChI is InChI=1S/C9H13N3O3/c10-6(13)4-12-5-9(8(12)15)1-2-11-7(14)3-9/h1-5H2,(H2,10,13)(H,11,14). The van der Waals surface area contributed by atoms with Crippen LogP contribution in [0.25, 0.3) is 0 Å². The van der Waals surface area contributed by atoms with E-state index in [1.165, 1.54) is 4.90 Å². The molecule has 0 aromatic heterocycles. The lowest BCUT2D eigenvalue weighted by atomic mass is 9.71. The quantitative estimate of drug-likeness (QED) is 0.528. The molecule has 2 rings (SSSR count). The van der Waals surface area contributed by atoms with Gasteiger partial charge in [-0.15, -0.1) is 0 Å². The number of rotatable bonds is 2. The molecule has 82 valence electrons. The fourth-order valence-corrected chi connectivity index (χ4v) is 2.28. The van der Waals surface area contributed by atoms with Crippen molar-refractivity contribution in [2.75, 3.05) is 19.6 Å². The highest BCUT2D eigenvalue weighted by Crippen LogP contribution is 2.40. The van der Waals surface area contributed by atoms with Crippen LogP contribution in [0.1, 0.15) is 12.8 Å². The molecule has 0 aromatic carbocycles. The molecule has 2 saturated heterocycles. The van der Waals surface area contributed by atoms with Gasteiger partial charge in [-0.05, 0) is 6.42 Å². The number of carbonyl (C=O) groups excluding carboxylic acids is 3. The fourth-order valence-electron chi connectivity index (χ4n) is 2.28. The molecule has 0 radical (unpaired) electrons. The lowest BCUT2D eigenvalue weighted by Crippen LogP contribution is -2.66. The summed E-state index contributed by atoms with van der Waals surface area (Å²) < 4.78 is 0. The molecule has 3 N–H and O–H groups in total. The minimum absolute atomic E-state index is 0.0395. The van der Waals surface area contributed by atoms with Gasteiger partial charge in [-0.25, -0.2) is 0 Å². The van der Waals surface area contributed by atoms with Crippen LogP contribution in [-0.4, -0.2) is 42.3 Å². The summed E-state index contributed by atoms with van der Waals surface area (Å²) in [5, 5.41) is 2.68. The van der Waals surface area contributed by atoms with Crippen LogP contribution in [0, 0.1) is 5.41 Å². The van der Waals surface area contributed by atoms with Gasteiger partial charge in [0.15, 0.2) is 0 Å². The van der Waals surface area contributed by atoms with Crippen LogP contribution in [0.15, 0.2) is 0 Å². The summed E-state index contributed by atoms with van der Waals surface area (Å²) in [6.07, 6.45) is 0.897. The molecule has 0 aliphatic carbocycles. The van der Waals surface area contributed by atoms with Gasteiger partial charge < -0.3 is 16.0 Å². The van der Waals surface area contributed by atoms with Crippen molar-refractivity contribution in [1.29, 1.82) is 0 Å². The van der Waals surface area contributed by atoms with E-state index in [0.717, 1.165) is 0 Å². The van der Waals surface area contributed by atoms with Crippen molar-refractivity contribution >= 4 is 17.7 Å². The van der Waals surface area contributed by atoms with Crippen LogP contribution in [0.5, 0.6) is 0 Å². The summed E-state index contributed by atoms with van der Waals surface area (Å²) in [7, 11) is 0. The number of nitrogens with one attached hydrogen (secondary N) is 1. The first-order valence-corrected chi connectivity index (χ1v) is 4.88. The van der Waals surface area contributed by atoms with Gasteiger partial charge in [-0.2, -0.15) is 0 Å². The second kappa shape index (κ2) is 3.22. The van der Waals surface area contributed by atoms with E-state index in [4.69, 9.17) is 5.73 Å². The zero-order chi connectivity index (χ0) is 11.1. The van der Waals surface area contributed by atoms with Gasteiger partial charge in [-0.1, -0.05) is 0 Å². The number of likely N-dealkylation sites (tertiary alicyclic amines) is 1. The van der Waals surface area contributed by atoms with E-state index in [1.807, 2.05) is 0 Å². The number of nitrogens with two attached hydrogens (primary N) is 1. The predicted molar refractivity (Wildman–Crippen MR) is 50.5 cm³/mol. The number of piperidine rings is 1. The van der Waals surface area contributed by atoms with Crippen LogP contribution in [0.4, 0.5) is 0 Å².